The molecule has 0 rings (SSSR count). The zero-order chi connectivity index (χ0) is 8.53. The first-order valence-corrected chi connectivity index (χ1v) is 3.41. The molecule has 1 radical (unpaired) electrons. The molecule has 0 amide bonds. The van der Waals surface area contributed by atoms with Gasteiger partial charge in [-0.2, -0.15) is 5.26 Å². The average molecular weight is 154 g/mol. The van der Waals surface area contributed by atoms with Gasteiger partial charge in [-0.3, -0.25) is 4.99 Å². The van der Waals surface area contributed by atoms with Crippen LogP contribution in [0.1, 0.15) is 12.8 Å². The molecule has 0 aromatic rings. The van der Waals surface area contributed by atoms with E-state index in [1.165, 1.54) is 0 Å². The normalized spacial score (nSPS) is 10.7. The summed E-state index contributed by atoms with van der Waals surface area (Å²) in [5.74, 6) is 0.0459. The molecule has 61 valence electrons. The number of nitrogens with two attached hydrogens (primary N) is 2. The topological polar surface area (TPSA) is 102 Å². The van der Waals surface area contributed by atoms with Gasteiger partial charge in [0, 0.05) is 6.54 Å². The SMILES string of the molecule is N#C[N]C(N)=NCCCCN. The Morgan fingerprint density at radius 2 is 2.18 bits per heavy atom. The second-order valence-electron chi connectivity index (χ2n) is 1.95. The van der Waals surface area contributed by atoms with Gasteiger partial charge in [0.15, 0.2) is 0 Å². The number of nitriles is 1. The summed E-state index contributed by atoms with van der Waals surface area (Å²) in [6.07, 6.45) is 3.36. The third-order valence-electron chi connectivity index (χ3n) is 1.05. The Hall–Kier alpha value is -1.28. The smallest absolute Gasteiger partial charge is 0.226 e. The van der Waals surface area contributed by atoms with Gasteiger partial charge in [-0.15, -0.1) is 5.32 Å². The van der Waals surface area contributed by atoms with Gasteiger partial charge in [-0.25, -0.2) is 0 Å². The van der Waals surface area contributed by atoms with E-state index < -0.39 is 0 Å². The summed E-state index contributed by atoms with van der Waals surface area (Å²) in [4.78, 5) is 3.80. The molecule has 0 bridgehead atoms. The van der Waals surface area contributed by atoms with E-state index >= 15 is 0 Å². The Kier molecular flexibility index (Phi) is 6.04. The van der Waals surface area contributed by atoms with Crippen LogP contribution in [0, 0.1) is 11.5 Å². The van der Waals surface area contributed by atoms with Crippen LogP contribution < -0.4 is 16.8 Å². The van der Waals surface area contributed by atoms with E-state index in [4.69, 9.17) is 16.7 Å². The van der Waals surface area contributed by atoms with Gasteiger partial charge < -0.3 is 11.5 Å². The van der Waals surface area contributed by atoms with E-state index in [-0.39, 0.29) is 5.96 Å². The molecule has 0 saturated heterocycles. The summed E-state index contributed by atoms with van der Waals surface area (Å²) in [5.41, 5.74) is 10.4. The lowest BCUT2D eigenvalue weighted by Crippen LogP contribution is -2.21. The molecule has 0 aliphatic heterocycles. The minimum atomic E-state index is 0.0459. The minimum Gasteiger partial charge on any atom is -0.367 e. The highest BCUT2D eigenvalue weighted by atomic mass is 15.1. The Balaban J connectivity index is 3.34. The van der Waals surface area contributed by atoms with Gasteiger partial charge in [0.1, 0.15) is 0 Å². The summed E-state index contributed by atoms with van der Waals surface area (Å²) in [6.45, 7) is 1.25. The zero-order valence-electron chi connectivity index (χ0n) is 6.32. The van der Waals surface area contributed by atoms with E-state index in [0.717, 1.165) is 12.8 Å². The first-order valence-electron chi connectivity index (χ1n) is 3.41. The predicted octanol–water partition coefficient (Wildman–Crippen LogP) is -0.875. The quantitative estimate of drug-likeness (QED) is 0.238. The van der Waals surface area contributed by atoms with Crippen molar-refractivity contribution in [1.29, 1.82) is 5.26 Å². The molecule has 0 unspecified atom stereocenters. The van der Waals surface area contributed by atoms with Gasteiger partial charge >= 0.3 is 0 Å². The number of hydrogen-bond donors (Lipinski definition) is 2. The van der Waals surface area contributed by atoms with Gasteiger partial charge in [0.25, 0.3) is 0 Å². The average Bonchev–Trinajstić information content (AvgIpc) is 1.99. The lowest BCUT2D eigenvalue weighted by Gasteiger charge is -1.93. The summed E-state index contributed by atoms with van der Waals surface area (Å²) in [6, 6.07) is 0. The Labute approximate surface area is 66.1 Å². The molecule has 4 N–H and O–H groups in total. The molecule has 5 nitrogen and oxygen atoms in total. The lowest BCUT2D eigenvalue weighted by atomic mass is 10.3. The highest BCUT2D eigenvalue weighted by Gasteiger charge is 1.89. The largest absolute Gasteiger partial charge is 0.367 e. The maximum atomic E-state index is 8.04. The summed E-state index contributed by atoms with van der Waals surface area (Å²) in [5, 5.41) is 11.3. The van der Waals surface area contributed by atoms with Crippen LogP contribution in [0.15, 0.2) is 4.99 Å². The first-order chi connectivity index (χ1) is 5.31. The molecule has 5 heteroatoms. The van der Waals surface area contributed by atoms with E-state index in [0.29, 0.717) is 13.1 Å². The van der Waals surface area contributed by atoms with Crippen molar-refractivity contribution in [3.8, 4) is 6.19 Å². The standard InChI is InChI=1S/C6H12N5/c7-3-1-2-4-10-6(9)11-5-8/h1-4,7H2,(H2,9,10). The number of rotatable bonds is 4. The van der Waals surface area contributed by atoms with Crippen molar-refractivity contribution in [2.24, 2.45) is 16.5 Å². The molecule has 0 aromatic heterocycles. The molecular formula is C6H12N5. The molecule has 0 atom stereocenters. The molecule has 0 aromatic carbocycles. The van der Waals surface area contributed by atoms with Crippen molar-refractivity contribution < 1.29 is 0 Å². The van der Waals surface area contributed by atoms with Crippen molar-refractivity contribution in [3.05, 3.63) is 0 Å². The van der Waals surface area contributed by atoms with E-state index in [9.17, 15) is 0 Å². The fourth-order valence-electron chi connectivity index (χ4n) is 0.536. The van der Waals surface area contributed by atoms with Crippen molar-refractivity contribution in [3.63, 3.8) is 0 Å². The Morgan fingerprint density at radius 1 is 1.45 bits per heavy atom. The Bertz CT molecular complexity index is 157. The highest BCUT2D eigenvalue weighted by Crippen LogP contribution is 1.85. The number of unbranched alkanes of at least 4 members (excludes halogenated alkanes) is 1. The molecule has 0 aliphatic rings. The Morgan fingerprint density at radius 3 is 2.73 bits per heavy atom. The second kappa shape index (κ2) is 6.83. The number of aliphatic imine (C=N–C) groups is 1. The molecule has 0 saturated carbocycles. The monoisotopic (exact) mass is 154 g/mol. The van der Waals surface area contributed by atoms with Crippen molar-refractivity contribution >= 4 is 5.96 Å². The molecule has 11 heavy (non-hydrogen) atoms. The van der Waals surface area contributed by atoms with Crippen molar-refractivity contribution in [2.75, 3.05) is 13.1 Å². The second-order valence-corrected chi connectivity index (χ2v) is 1.95. The molecule has 0 fully saturated rings. The number of hydrogen-bond acceptors (Lipinski definition) is 3. The zero-order valence-corrected chi connectivity index (χ0v) is 6.32. The third-order valence-corrected chi connectivity index (χ3v) is 1.05. The van der Waals surface area contributed by atoms with Crippen molar-refractivity contribution in [1.82, 2.24) is 5.32 Å². The van der Waals surface area contributed by atoms with Crippen LogP contribution in [-0.4, -0.2) is 19.0 Å². The molecule has 0 spiro atoms. The first kappa shape index (κ1) is 9.72. The van der Waals surface area contributed by atoms with Crippen LogP contribution in [0.2, 0.25) is 0 Å². The van der Waals surface area contributed by atoms with Crippen molar-refractivity contribution in [2.45, 2.75) is 12.8 Å². The third kappa shape index (κ3) is 6.61. The van der Waals surface area contributed by atoms with Crippen LogP contribution in [0.25, 0.3) is 0 Å². The fourth-order valence-corrected chi connectivity index (χ4v) is 0.536. The summed E-state index contributed by atoms with van der Waals surface area (Å²) in [7, 11) is 0. The predicted molar refractivity (Wildman–Crippen MR) is 42.5 cm³/mol. The van der Waals surface area contributed by atoms with Crippen LogP contribution in [-0.2, 0) is 0 Å². The molecular weight excluding hydrogens is 142 g/mol. The van der Waals surface area contributed by atoms with Gasteiger partial charge in [-0.05, 0) is 19.4 Å². The van der Waals surface area contributed by atoms with Crippen LogP contribution in [0.3, 0.4) is 0 Å². The maximum absolute atomic E-state index is 8.04. The van der Waals surface area contributed by atoms with E-state index in [2.05, 4.69) is 10.3 Å². The van der Waals surface area contributed by atoms with Gasteiger partial charge in [0.2, 0.25) is 12.2 Å². The van der Waals surface area contributed by atoms with Crippen LogP contribution in [0.4, 0.5) is 0 Å². The van der Waals surface area contributed by atoms with Gasteiger partial charge in [0.05, 0.1) is 0 Å². The van der Waals surface area contributed by atoms with Crippen LogP contribution >= 0.6 is 0 Å². The van der Waals surface area contributed by atoms with Gasteiger partial charge in [-0.1, -0.05) is 0 Å². The summed E-state index contributed by atoms with van der Waals surface area (Å²) < 4.78 is 0. The maximum Gasteiger partial charge on any atom is 0.226 e. The molecule has 0 aliphatic carbocycles. The lowest BCUT2D eigenvalue weighted by molar-refractivity contribution is 0.753. The summed E-state index contributed by atoms with van der Waals surface area (Å²) >= 11 is 0. The van der Waals surface area contributed by atoms with E-state index in [1.807, 2.05) is 0 Å². The molecule has 0 heterocycles. The fraction of sp³-hybridized carbons (Fsp3) is 0.667. The number of nitrogens with zero attached hydrogens (tertiary/aromatic N) is 3. The number of guanidine groups is 1. The highest BCUT2D eigenvalue weighted by molar-refractivity contribution is 5.78. The van der Waals surface area contributed by atoms with E-state index in [1.54, 1.807) is 6.19 Å². The van der Waals surface area contributed by atoms with Crippen LogP contribution in [0.5, 0.6) is 0 Å². The minimum absolute atomic E-state index is 0.0459.